The molecule has 0 saturated heterocycles. The van der Waals surface area contributed by atoms with Crippen molar-refractivity contribution < 1.29 is 14.4 Å². The quantitative estimate of drug-likeness (QED) is 0.132. The highest BCUT2D eigenvalue weighted by Crippen LogP contribution is 2.22. The van der Waals surface area contributed by atoms with Crippen molar-refractivity contribution in [3.8, 4) is 0 Å². The van der Waals surface area contributed by atoms with Gasteiger partial charge in [-0.15, -0.1) is 0 Å². The number of rotatable bonds is 16. The Hall–Kier alpha value is -1.76. The molecule has 9 N–H and O–H groups in total. The molecule has 2 atom stereocenters. The SMILES string of the molecule is CCCCCCCCCCCCPC(NC(N)=O)C(NC(N)=O)NC(N)=O. The lowest BCUT2D eigenvalue weighted by atomic mass is 10.1. The summed E-state index contributed by atoms with van der Waals surface area (Å²) < 4.78 is 0. The van der Waals surface area contributed by atoms with Gasteiger partial charge >= 0.3 is 18.1 Å². The van der Waals surface area contributed by atoms with Crippen molar-refractivity contribution in [2.24, 2.45) is 17.2 Å². The molecule has 0 aliphatic carbocycles. The van der Waals surface area contributed by atoms with Crippen molar-refractivity contribution in [2.45, 2.75) is 83.1 Å². The first-order chi connectivity index (χ1) is 12.9. The summed E-state index contributed by atoms with van der Waals surface area (Å²) in [6.07, 6.45) is 12.4. The van der Waals surface area contributed by atoms with Crippen LogP contribution in [0.1, 0.15) is 71.1 Å². The number of hydrogen-bond acceptors (Lipinski definition) is 3. The molecule has 0 aromatic carbocycles. The maximum absolute atomic E-state index is 11.2. The van der Waals surface area contributed by atoms with Gasteiger partial charge in [0.2, 0.25) is 0 Å². The average Bonchev–Trinajstić information content (AvgIpc) is 2.57. The molecular formula is C17H37N6O3P. The largest absolute Gasteiger partial charge is 0.352 e. The van der Waals surface area contributed by atoms with E-state index in [0.29, 0.717) is 0 Å². The zero-order valence-electron chi connectivity index (χ0n) is 16.4. The summed E-state index contributed by atoms with van der Waals surface area (Å²) in [5, 5.41) is 7.28. The number of amides is 6. The second kappa shape index (κ2) is 16.4. The van der Waals surface area contributed by atoms with E-state index in [-0.39, 0.29) is 8.58 Å². The number of carbonyl (C=O) groups excluding carboxylic acids is 3. The van der Waals surface area contributed by atoms with Gasteiger partial charge in [0.05, 0.1) is 5.78 Å². The molecular weight excluding hydrogens is 367 g/mol. The average molecular weight is 404 g/mol. The Morgan fingerprint density at radius 1 is 0.704 bits per heavy atom. The van der Waals surface area contributed by atoms with E-state index in [0.717, 1.165) is 19.0 Å². The molecule has 0 spiro atoms. The maximum atomic E-state index is 11.2. The van der Waals surface area contributed by atoms with Crippen LogP contribution in [0, 0.1) is 0 Å². The topological polar surface area (TPSA) is 165 Å². The first-order valence-corrected chi connectivity index (χ1v) is 11.1. The first-order valence-electron chi connectivity index (χ1n) is 9.78. The van der Waals surface area contributed by atoms with Crippen LogP contribution in [-0.4, -0.2) is 36.2 Å². The smallest absolute Gasteiger partial charge is 0.313 e. The van der Waals surface area contributed by atoms with Crippen LogP contribution in [0.15, 0.2) is 0 Å². The van der Waals surface area contributed by atoms with Gasteiger partial charge in [-0.1, -0.05) is 73.3 Å². The third kappa shape index (κ3) is 16.2. The fourth-order valence-corrected chi connectivity index (χ4v) is 4.20. The van der Waals surface area contributed by atoms with Crippen molar-refractivity contribution in [3.63, 3.8) is 0 Å². The summed E-state index contributed by atoms with van der Waals surface area (Å²) in [6, 6.07) is -2.39. The Morgan fingerprint density at radius 2 is 1.11 bits per heavy atom. The normalized spacial score (nSPS) is 12.2. The van der Waals surface area contributed by atoms with Gasteiger partial charge in [-0.25, -0.2) is 14.4 Å². The van der Waals surface area contributed by atoms with Crippen LogP contribution in [-0.2, 0) is 0 Å². The van der Waals surface area contributed by atoms with E-state index >= 15 is 0 Å². The Balaban J connectivity index is 4.10. The van der Waals surface area contributed by atoms with Crippen LogP contribution in [0.3, 0.4) is 0 Å². The van der Waals surface area contributed by atoms with Gasteiger partial charge in [0.1, 0.15) is 6.17 Å². The molecule has 0 aromatic rings. The van der Waals surface area contributed by atoms with E-state index in [4.69, 9.17) is 17.2 Å². The lowest BCUT2D eigenvalue weighted by molar-refractivity contribution is 0.228. The van der Waals surface area contributed by atoms with E-state index in [2.05, 4.69) is 22.9 Å². The first kappa shape index (κ1) is 25.2. The monoisotopic (exact) mass is 404 g/mol. The van der Waals surface area contributed by atoms with E-state index in [1.807, 2.05) is 0 Å². The fourth-order valence-electron chi connectivity index (χ4n) is 2.78. The minimum Gasteiger partial charge on any atom is -0.352 e. The molecule has 10 heteroatoms. The van der Waals surface area contributed by atoms with Gasteiger partial charge < -0.3 is 33.2 Å². The van der Waals surface area contributed by atoms with E-state index in [9.17, 15) is 14.4 Å². The van der Waals surface area contributed by atoms with Crippen molar-refractivity contribution >= 4 is 26.7 Å². The molecule has 27 heavy (non-hydrogen) atoms. The molecule has 2 unspecified atom stereocenters. The summed E-state index contributed by atoms with van der Waals surface area (Å²) in [4.78, 5) is 33.5. The Kier molecular flexibility index (Phi) is 15.3. The summed E-state index contributed by atoms with van der Waals surface area (Å²) in [5.74, 6) is -0.555. The maximum Gasteiger partial charge on any atom is 0.313 e. The number of urea groups is 3. The Bertz CT molecular complexity index is 423. The number of primary amides is 3. The highest BCUT2D eigenvalue weighted by Gasteiger charge is 2.24. The van der Waals surface area contributed by atoms with Gasteiger partial charge in [0, 0.05) is 0 Å². The van der Waals surface area contributed by atoms with Crippen LogP contribution in [0.5, 0.6) is 0 Å². The third-order valence-electron chi connectivity index (χ3n) is 4.12. The predicted octanol–water partition coefficient (Wildman–Crippen LogP) is 2.24. The third-order valence-corrected chi connectivity index (χ3v) is 5.68. The van der Waals surface area contributed by atoms with Crippen LogP contribution in [0.25, 0.3) is 0 Å². The summed E-state index contributed by atoms with van der Waals surface area (Å²) in [5.41, 5.74) is 15.4. The second-order valence-electron chi connectivity index (χ2n) is 6.62. The lowest BCUT2D eigenvalue weighted by Gasteiger charge is -2.28. The van der Waals surface area contributed by atoms with Gasteiger partial charge in [-0.3, -0.25) is 0 Å². The highest BCUT2D eigenvalue weighted by molar-refractivity contribution is 7.38. The number of carbonyl (C=O) groups is 3. The summed E-state index contributed by atoms with van der Waals surface area (Å²) in [6.45, 7) is 2.22. The van der Waals surface area contributed by atoms with E-state index in [1.165, 1.54) is 51.4 Å². The number of nitrogens with one attached hydrogen (secondary N) is 3. The molecule has 158 valence electrons. The minimum absolute atomic E-state index is 0.255. The lowest BCUT2D eigenvalue weighted by Crippen LogP contribution is -2.60. The molecule has 9 nitrogen and oxygen atoms in total. The molecule has 0 radical (unpaired) electrons. The van der Waals surface area contributed by atoms with E-state index in [1.54, 1.807) is 0 Å². The van der Waals surface area contributed by atoms with Crippen LogP contribution in [0.4, 0.5) is 14.4 Å². The molecule has 0 saturated carbocycles. The molecule has 6 amide bonds. The fraction of sp³-hybridized carbons (Fsp3) is 0.824. The van der Waals surface area contributed by atoms with Gasteiger partial charge in [-0.05, 0) is 12.6 Å². The highest BCUT2D eigenvalue weighted by atomic mass is 31.1. The van der Waals surface area contributed by atoms with Crippen molar-refractivity contribution in [3.05, 3.63) is 0 Å². The van der Waals surface area contributed by atoms with Gasteiger partial charge in [-0.2, -0.15) is 0 Å². The zero-order valence-corrected chi connectivity index (χ0v) is 17.4. The summed E-state index contributed by atoms with van der Waals surface area (Å²) in [7, 11) is 0.255. The zero-order chi connectivity index (χ0) is 20.5. The van der Waals surface area contributed by atoms with Gasteiger partial charge in [0.15, 0.2) is 0 Å². The molecule has 0 rings (SSSR count). The molecule has 0 aliphatic rings. The van der Waals surface area contributed by atoms with Gasteiger partial charge in [0.25, 0.3) is 0 Å². The number of hydrogen-bond donors (Lipinski definition) is 6. The molecule has 0 fully saturated rings. The standard InChI is InChI=1S/C17H37N6O3P/c1-2-3-4-5-6-7-8-9-10-11-12-27-14(23-17(20)26)13(21-15(18)24)22-16(19)25/h13-14,27H,2-12H2,1H3,(H3,18,21,24)(H3,19,22,25)(H3,20,23,26). The second-order valence-corrected chi connectivity index (χ2v) is 8.15. The molecule has 0 bridgehead atoms. The van der Waals surface area contributed by atoms with Crippen molar-refractivity contribution in [1.82, 2.24) is 16.0 Å². The van der Waals surface area contributed by atoms with Crippen LogP contribution in [0.2, 0.25) is 0 Å². The molecule has 0 aliphatic heterocycles. The van der Waals surface area contributed by atoms with Crippen LogP contribution >= 0.6 is 8.58 Å². The minimum atomic E-state index is -0.894. The predicted molar refractivity (Wildman–Crippen MR) is 111 cm³/mol. The van der Waals surface area contributed by atoms with Crippen molar-refractivity contribution in [2.75, 3.05) is 6.16 Å². The molecule has 0 heterocycles. The van der Waals surface area contributed by atoms with Crippen LogP contribution < -0.4 is 33.2 Å². The van der Waals surface area contributed by atoms with E-state index < -0.39 is 30.0 Å². The van der Waals surface area contributed by atoms with Crippen molar-refractivity contribution in [1.29, 1.82) is 0 Å². The summed E-state index contributed by atoms with van der Waals surface area (Å²) >= 11 is 0. The molecule has 0 aromatic heterocycles. The Labute approximate surface area is 164 Å². The Morgan fingerprint density at radius 3 is 1.52 bits per heavy atom. The number of nitrogens with two attached hydrogens (primary N) is 3. The number of unbranched alkanes of at least 4 members (excludes halogenated alkanes) is 9.